The van der Waals surface area contributed by atoms with Crippen LogP contribution >= 0.6 is 11.3 Å². The molecule has 3 heterocycles. The summed E-state index contributed by atoms with van der Waals surface area (Å²) >= 11 is 1.75. The highest BCUT2D eigenvalue weighted by Crippen LogP contribution is 2.49. The number of aliphatic hydroxyl groups excluding tert-OH is 1. The van der Waals surface area contributed by atoms with Crippen molar-refractivity contribution in [3.63, 3.8) is 0 Å². The van der Waals surface area contributed by atoms with Gasteiger partial charge in [0.25, 0.3) is 0 Å². The number of thiophene rings is 1. The molecule has 0 bridgehead atoms. The van der Waals surface area contributed by atoms with Crippen molar-refractivity contribution in [3.05, 3.63) is 17.3 Å². The summed E-state index contributed by atoms with van der Waals surface area (Å²) in [6.07, 6.45) is 5.82. The average molecular weight is 346 g/mol. The molecule has 24 heavy (non-hydrogen) atoms. The van der Waals surface area contributed by atoms with E-state index in [1.165, 1.54) is 10.3 Å². The molecule has 6 nitrogen and oxygen atoms in total. The fraction of sp³-hybridized carbons (Fsp3) is 0.588. The van der Waals surface area contributed by atoms with Crippen LogP contribution in [0.25, 0.3) is 10.2 Å². The van der Waals surface area contributed by atoms with Gasteiger partial charge < -0.3 is 15.3 Å². The summed E-state index contributed by atoms with van der Waals surface area (Å²) in [6, 6.07) is 2.44. The van der Waals surface area contributed by atoms with Gasteiger partial charge in [0.05, 0.1) is 5.39 Å². The molecule has 2 aliphatic rings. The number of carbonyl (C=O) groups is 1. The second-order valence-corrected chi connectivity index (χ2v) is 8.10. The molecule has 0 atom stereocenters. The number of hydrogen-bond donors (Lipinski definition) is 2. The van der Waals surface area contributed by atoms with E-state index < -0.39 is 6.61 Å². The van der Waals surface area contributed by atoms with Gasteiger partial charge in [0.15, 0.2) is 0 Å². The summed E-state index contributed by atoms with van der Waals surface area (Å²) in [4.78, 5) is 25.1. The Balaban J connectivity index is 1.48. The number of anilines is 1. The van der Waals surface area contributed by atoms with Gasteiger partial charge in [0.1, 0.15) is 23.6 Å². The van der Waals surface area contributed by atoms with E-state index in [0.717, 1.165) is 49.4 Å². The number of rotatable bonds is 4. The number of nitrogens with one attached hydrogen (secondary N) is 1. The minimum absolute atomic E-state index is 0.211. The zero-order valence-electron chi connectivity index (χ0n) is 13.8. The largest absolute Gasteiger partial charge is 0.387 e. The maximum Gasteiger partial charge on any atom is 0.245 e. The van der Waals surface area contributed by atoms with Crippen molar-refractivity contribution in [2.75, 3.05) is 24.6 Å². The van der Waals surface area contributed by atoms with Crippen molar-refractivity contribution >= 4 is 33.3 Å². The Bertz CT molecular complexity index is 769. The van der Waals surface area contributed by atoms with E-state index in [-0.39, 0.29) is 17.4 Å². The van der Waals surface area contributed by atoms with Crippen LogP contribution in [0.4, 0.5) is 5.82 Å². The first-order chi connectivity index (χ1) is 11.6. The predicted octanol–water partition coefficient (Wildman–Crippen LogP) is 1.72. The molecule has 2 N–H and O–H groups in total. The highest BCUT2D eigenvalue weighted by atomic mass is 32.1. The summed E-state index contributed by atoms with van der Waals surface area (Å²) in [5.41, 5.74) is 0.286. The van der Waals surface area contributed by atoms with Crippen molar-refractivity contribution in [1.82, 2.24) is 15.3 Å². The zero-order valence-corrected chi connectivity index (χ0v) is 14.6. The summed E-state index contributed by atoms with van der Waals surface area (Å²) in [7, 11) is 0. The fourth-order valence-corrected chi connectivity index (χ4v) is 5.06. The van der Waals surface area contributed by atoms with Crippen LogP contribution in [-0.4, -0.2) is 46.7 Å². The maximum atomic E-state index is 11.3. The van der Waals surface area contributed by atoms with E-state index in [0.29, 0.717) is 0 Å². The monoisotopic (exact) mass is 346 g/mol. The number of fused-ring (bicyclic) bond motifs is 1. The van der Waals surface area contributed by atoms with Gasteiger partial charge in [-0.2, -0.15) is 0 Å². The fourth-order valence-electron chi connectivity index (χ4n) is 4.13. The van der Waals surface area contributed by atoms with Gasteiger partial charge in [-0.3, -0.25) is 4.79 Å². The third-order valence-corrected chi connectivity index (χ3v) is 6.50. The lowest BCUT2D eigenvalue weighted by Gasteiger charge is -2.45. The van der Waals surface area contributed by atoms with Crippen LogP contribution in [-0.2, 0) is 11.2 Å². The van der Waals surface area contributed by atoms with E-state index in [1.54, 1.807) is 17.7 Å². The normalized spacial score (nSPS) is 26.1. The van der Waals surface area contributed by atoms with Crippen LogP contribution in [0, 0.1) is 5.41 Å². The van der Waals surface area contributed by atoms with Crippen molar-refractivity contribution in [2.24, 2.45) is 5.41 Å². The van der Waals surface area contributed by atoms with Gasteiger partial charge in [0, 0.05) is 24.0 Å². The number of amides is 1. The number of aromatic nitrogens is 2. The molecule has 1 saturated heterocycles. The summed E-state index contributed by atoms with van der Waals surface area (Å²) in [5, 5.41) is 12.9. The van der Waals surface area contributed by atoms with E-state index in [1.807, 2.05) is 0 Å². The molecule has 1 saturated carbocycles. The first-order valence-electron chi connectivity index (χ1n) is 8.51. The van der Waals surface area contributed by atoms with Gasteiger partial charge in [-0.25, -0.2) is 9.97 Å². The lowest BCUT2D eigenvalue weighted by molar-refractivity contribution is -0.126. The molecule has 1 aliphatic carbocycles. The smallest absolute Gasteiger partial charge is 0.245 e. The molecule has 2 aromatic rings. The van der Waals surface area contributed by atoms with Crippen LogP contribution in [0.3, 0.4) is 0 Å². The SMILES string of the molecule is CCc1cc2c(N3CCC4(CC(NC(=O)CO)C4)C3)ncnc2s1. The average Bonchev–Trinajstić information content (AvgIpc) is 3.17. The van der Waals surface area contributed by atoms with E-state index >= 15 is 0 Å². The Morgan fingerprint density at radius 3 is 3.08 bits per heavy atom. The molecule has 2 aromatic heterocycles. The quantitative estimate of drug-likeness (QED) is 0.881. The second kappa shape index (κ2) is 5.97. The Kier molecular flexibility index (Phi) is 3.92. The Morgan fingerprint density at radius 2 is 2.33 bits per heavy atom. The molecule has 0 aromatic carbocycles. The second-order valence-electron chi connectivity index (χ2n) is 6.98. The number of hydrogen-bond acceptors (Lipinski definition) is 6. The van der Waals surface area contributed by atoms with E-state index in [4.69, 9.17) is 5.11 Å². The summed E-state index contributed by atoms with van der Waals surface area (Å²) in [6.45, 7) is 3.73. The Labute approximate surface area is 144 Å². The van der Waals surface area contributed by atoms with E-state index in [2.05, 4.69) is 33.2 Å². The predicted molar refractivity (Wildman–Crippen MR) is 94.3 cm³/mol. The molecule has 1 aliphatic heterocycles. The lowest BCUT2D eigenvalue weighted by atomic mass is 9.65. The first kappa shape index (κ1) is 15.8. The van der Waals surface area contributed by atoms with Gasteiger partial charge in [-0.05, 0) is 37.2 Å². The molecule has 2 fully saturated rings. The Hall–Kier alpha value is -1.73. The molecule has 1 spiro atoms. The summed E-state index contributed by atoms with van der Waals surface area (Å²) < 4.78 is 0. The molecular weight excluding hydrogens is 324 g/mol. The van der Waals surface area contributed by atoms with Crippen molar-refractivity contribution in [3.8, 4) is 0 Å². The topological polar surface area (TPSA) is 78.4 Å². The van der Waals surface area contributed by atoms with Crippen LogP contribution in [0.2, 0.25) is 0 Å². The third-order valence-electron chi connectivity index (χ3n) is 5.31. The van der Waals surface area contributed by atoms with Crippen LogP contribution in [0.15, 0.2) is 12.4 Å². The highest BCUT2D eigenvalue weighted by molar-refractivity contribution is 7.18. The van der Waals surface area contributed by atoms with Crippen molar-refractivity contribution in [1.29, 1.82) is 0 Å². The van der Waals surface area contributed by atoms with Crippen molar-refractivity contribution < 1.29 is 9.90 Å². The minimum Gasteiger partial charge on any atom is -0.387 e. The number of aryl methyl sites for hydroxylation is 1. The van der Waals surface area contributed by atoms with E-state index in [9.17, 15) is 4.79 Å². The first-order valence-corrected chi connectivity index (χ1v) is 9.33. The van der Waals surface area contributed by atoms with Gasteiger partial charge >= 0.3 is 0 Å². The minimum atomic E-state index is -0.424. The Morgan fingerprint density at radius 1 is 1.50 bits per heavy atom. The molecule has 4 rings (SSSR count). The number of carbonyl (C=O) groups excluding carboxylic acids is 1. The zero-order chi connectivity index (χ0) is 16.7. The van der Waals surface area contributed by atoms with Crippen molar-refractivity contribution in [2.45, 2.75) is 38.6 Å². The van der Waals surface area contributed by atoms with Gasteiger partial charge in [-0.1, -0.05) is 6.92 Å². The molecular formula is C17H22N4O2S. The molecule has 0 unspecified atom stereocenters. The molecule has 0 radical (unpaired) electrons. The summed E-state index contributed by atoms with van der Waals surface area (Å²) in [5.74, 6) is 0.781. The number of nitrogens with zero attached hydrogens (tertiary/aromatic N) is 3. The number of aliphatic hydroxyl groups is 1. The van der Waals surface area contributed by atoms with Crippen LogP contribution in [0.5, 0.6) is 0 Å². The highest BCUT2D eigenvalue weighted by Gasteiger charge is 2.49. The van der Waals surface area contributed by atoms with Crippen LogP contribution < -0.4 is 10.2 Å². The molecule has 7 heteroatoms. The van der Waals surface area contributed by atoms with Gasteiger partial charge in [0.2, 0.25) is 5.91 Å². The standard InChI is InChI=1S/C17H22N4O2S/c1-2-12-5-13-15(18-10-19-16(13)24-12)21-4-3-17(9-21)6-11(7-17)20-14(23)8-22/h5,10-11,22H,2-4,6-9H2,1H3,(H,20,23). The lowest BCUT2D eigenvalue weighted by Crippen LogP contribution is -2.52. The van der Waals surface area contributed by atoms with Gasteiger partial charge in [-0.15, -0.1) is 11.3 Å². The third kappa shape index (κ3) is 2.65. The molecule has 128 valence electrons. The molecule has 1 amide bonds. The maximum absolute atomic E-state index is 11.3. The van der Waals surface area contributed by atoms with Crippen LogP contribution in [0.1, 0.15) is 31.1 Å².